The summed E-state index contributed by atoms with van der Waals surface area (Å²) in [5, 5.41) is 12.5. The van der Waals surface area contributed by atoms with E-state index in [1.54, 1.807) is 14.2 Å². The van der Waals surface area contributed by atoms with Crippen LogP contribution in [0.15, 0.2) is 18.2 Å². The molecule has 108 valence electrons. The molecule has 1 N–H and O–H groups in total. The zero-order chi connectivity index (χ0) is 14.4. The highest BCUT2D eigenvalue weighted by Gasteiger charge is 2.25. The standard InChI is InChI=1S/C15H21N3O2/c1-19-12-3-4-15(20-2)13(11-12)14(5-6-16)18-9-7-17-8-10-18/h3-4,11,14,17H,5,7-10H2,1-2H3/t14-/m0/s1. The van der Waals surface area contributed by atoms with Gasteiger partial charge in [0.1, 0.15) is 11.5 Å². The van der Waals surface area contributed by atoms with Gasteiger partial charge in [-0.2, -0.15) is 5.26 Å². The highest BCUT2D eigenvalue weighted by molar-refractivity contribution is 5.42. The fraction of sp³-hybridized carbons (Fsp3) is 0.533. The molecule has 20 heavy (non-hydrogen) atoms. The molecule has 0 bridgehead atoms. The molecule has 1 aliphatic heterocycles. The Kier molecular flexibility index (Phi) is 5.22. The molecule has 1 aromatic carbocycles. The predicted octanol–water partition coefficient (Wildman–Crippen LogP) is 1.56. The highest BCUT2D eigenvalue weighted by atomic mass is 16.5. The van der Waals surface area contributed by atoms with Gasteiger partial charge in [0, 0.05) is 31.7 Å². The lowest BCUT2D eigenvalue weighted by molar-refractivity contribution is 0.172. The first-order valence-corrected chi connectivity index (χ1v) is 6.83. The Balaban J connectivity index is 2.34. The molecule has 1 atom stereocenters. The maximum atomic E-state index is 9.15. The van der Waals surface area contributed by atoms with Crippen LogP contribution in [0.5, 0.6) is 11.5 Å². The van der Waals surface area contributed by atoms with Gasteiger partial charge in [-0.1, -0.05) is 0 Å². The number of nitriles is 1. The smallest absolute Gasteiger partial charge is 0.123 e. The minimum absolute atomic E-state index is 0.0483. The predicted molar refractivity (Wildman–Crippen MR) is 77.0 cm³/mol. The lowest BCUT2D eigenvalue weighted by Gasteiger charge is -2.34. The summed E-state index contributed by atoms with van der Waals surface area (Å²) in [5.74, 6) is 1.60. The van der Waals surface area contributed by atoms with Crippen molar-refractivity contribution in [3.8, 4) is 17.6 Å². The van der Waals surface area contributed by atoms with E-state index in [2.05, 4.69) is 16.3 Å². The van der Waals surface area contributed by atoms with Crippen molar-refractivity contribution in [2.24, 2.45) is 0 Å². The molecular formula is C15H21N3O2. The Morgan fingerprint density at radius 3 is 2.65 bits per heavy atom. The van der Waals surface area contributed by atoms with Crippen LogP contribution in [-0.4, -0.2) is 45.3 Å². The largest absolute Gasteiger partial charge is 0.497 e. The average molecular weight is 275 g/mol. The van der Waals surface area contributed by atoms with E-state index < -0.39 is 0 Å². The van der Waals surface area contributed by atoms with E-state index in [-0.39, 0.29) is 6.04 Å². The van der Waals surface area contributed by atoms with Crippen LogP contribution in [0.25, 0.3) is 0 Å². The second-order valence-corrected chi connectivity index (χ2v) is 4.77. The van der Waals surface area contributed by atoms with Crippen molar-refractivity contribution in [1.82, 2.24) is 10.2 Å². The molecule has 0 radical (unpaired) electrons. The molecule has 5 heteroatoms. The molecule has 0 aromatic heterocycles. The van der Waals surface area contributed by atoms with Gasteiger partial charge in [0.15, 0.2) is 0 Å². The summed E-state index contributed by atoms with van der Waals surface area (Å²) < 4.78 is 10.8. The van der Waals surface area contributed by atoms with Gasteiger partial charge in [0.05, 0.1) is 32.8 Å². The SMILES string of the molecule is COc1ccc(OC)c([C@H](CC#N)N2CCNCC2)c1. The normalized spacial score (nSPS) is 17.2. The van der Waals surface area contributed by atoms with Crippen LogP contribution in [-0.2, 0) is 0 Å². The molecule has 0 aliphatic carbocycles. The Bertz CT molecular complexity index is 478. The van der Waals surface area contributed by atoms with Crippen LogP contribution < -0.4 is 14.8 Å². The van der Waals surface area contributed by atoms with Crippen molar-refractivity contribution in [3.05, 3.63) is 23.8 Å². The maximum Gasteiger partial charge on any atom is 0.123 e. The Hall–Kier alpha value is -1.77. The van der Waals surface area contributed by atoms with Gasteiger partial charge in [-0.3, -0.25) is 4.90 Å². The van der Waals surface area contributed by atoms with E-state index in [1.807, 2.05) is 18.2 Å². The zero-order valence-corrected chi connectivity index (χ0v) is 12.1. The first kappa shape index (κ1) is 14.6. The van der Waals surface area contributed by atoms with Crippen LogP contribution in [0.3, 0.4) is 0 Å². The molecule has 1 aliphatic rings. The summed E-state index contributed by atoms with van der Waals surface area (Å²) in [6, 6.07) is 8.10. The first-order chi connectivity index (χ1) is 9.80. The first-order valence-electron chi connectivity index (χ1n) is 6.83. The van der Waals surface area contributed by atoms with Crippen molar-refractivity contribution in [3.63, 3.8) is 0 Å². The Morgan fingerprint density at radius 1 is 1.30 bits per heavy atom. The van der Waals surface area contributed by atoms with Gasteiger partial charge >= 0.3 is 0 Å². The average Bonchev–Trinajstić information content (AvgIpc) is 2.53. The van der Waals surface area contributed by atoms with Crippen LogP contribution in [0.1, 0.15) is 18.0 Å². The van der Waals surface area contributed by atoms with E-state index in [1.165, 1.54) is 0 Å². The summed E-state index contributed by atoms with van der Waals surface area (Å²) in [4.78, 5) is 2.33. The third-order valence-corrected chi connectivity index (χ3v) is 3.67. The van der Waals surface area contributed by atoms with Crippen molar-refractivity contribution in [2.45, 2.75) is 12.5 Å². The molecule has 1 heterocycles. The molecule has 0 amide bonds. The molecule has 2 rings (SSSR count). The third-order valence-electron chi connectivity index (χ3n) is 3.67. The number of piperazine rings is 1. The number of nitrogens with one attached hydrogen (secondary N) is 1. The van der Waals surface area contributed by atoms with Crippen LogP contribution in [0, 0.1) is 11.3 Å². The summed E-state index contributed by atoms with van der Waals surface area (Å²) in [6.07, 6.45) is 0.448. The number of nitrogens with zero attached hydrogens (tertiary/aromatic N) is 2. The van der Waals surface area contributed by atoms with E-state index >= 15 is 0 Å². The number of hydrogen-bond donors (Lipinski definition) is 1. The van der Waals surface area contributed by atoms with Crippen molar-refractivity contribution in [2.75, 3.05) is 40.4 Å². The second kappa shape index (κ2) is 7.13. The fourth-order valence-corrected chi connectivity index (χ4v) is 2.62. The number of rotatable bonds is 5. The van der Waals surface area contributed by atoms with E-state index in [9.17, 15) is 0 Å². The molecule has 0 saturated carbocycles. The number of methoxy groups -OCH3 is 2. The van der Waals surface area contributed by atoms with E-state index in [0.29, 0.717) is 6.42 Å². The molecule has 1 aromatic rings. The highest BCUT2D eigenvalue weighted by Crippen LogP contribution is 2.34. The molecular weight excluding hydrogens is 254 g/mol. The zero-order valence-electron chi connectivity index (χ0n) is 12.1. The fourth-order valence-electron chi connectivity index (χ4n) is 2.62. The second-order valence-electron chi connectivity index (χ2n) is 4.77. The van der Waals surface area contributed by atoms with Crippen molar-refractivity contribution in [1.29, 1.82) is 5.26 Å². The quantitative estimate of drug-likeness (QED) is 0.884. The topological polar surface area (TPSA) is 57.5 Å². The summed E-state index contributed by atoms with van der Waals surface area (Å²) >= 11 is 0. The van der Waals surface area contributed by atoms with Crippen molar-refractivity contribution >= 4 is 0 Å². The van der Waals surface area contributed by atoms with Gasteiger partial charge in [0.2, 0.25) is 0 Å². The molecule has 0 unspecified atom stereocenters. The lowest BCUT2D eigenvalue weighted by Crippen LogP contribution is -2.45. The monoisotopic (exact) mass is 275 g/mol. The van der Waals surface area contributed by atoms with Gasteiger partial charge in [-0.25, -0.2) is 0 Å². The Morgan fingerprint density at radius 2 is 2.05 bits per heavy atom. The molecule has 5 nitrogen and oxygen atoms in total. The maximum absolute atomic E-state index is 9.15. The summed E-state index contributed by atoms with van der Waals surface area (Å²) in [5.41, 5.74) is 1.02. The van der Waals surface area contributed by atoms with E-state index in [4.69, 9.17) is 14.7 Å². The van der Waals surface area contributed by atoms with Crippen molar-refractivity contribution < 1.29 is 9.47 Å². The summed E-state index contributed by atoms with van der Waals surface area (Å²) in [7, 11) is 3.31. The van der Waals surface area contributed by atoms with Gasteiger partial charge in [-0.15, -0.1) is 0 Å². The van der Waals surface area contributed by atoms with Crippen LogP contribution in [0.4, 0.5) is 0 Å². The third kappa shape index (κ3) is 3.21. The number of ether oxygens (including phenoxy) is 2. The Labute approximate surface area is 120 Å². The minimum atomic E-state index is 0.0483. The van der Waals surface area contributed by atoms with Gasteiger partial charge in [0.25, 0.3) is 0 Å². The molecule has 1 saturated heterocycles. The molecule has 1 fully saturated rings. The minimum Gasteiger partial charge on any atom is -0.497 e. The lowest BCUT2D eigenvalue weighted by atomic mass is 10.00. The van der Waals surface area contributed by atoms with Gasteiger partial charge < -0.3 is 14.8 Å². The number of benzene rings is 1. The number of hydrogen-bond acceptors (Lipinski definition) is 5. The molecule has 0 spiro atoms. The van der Waals surface area contributed by atoms with E-state index in [0.717, 1.165) is 43.2 Å². The van der Waals surface area contributed by atoms with Crippen LogP contribution in [0.2, 0.25) is 0 Å². The summed E-state index contributed by atoms with van der Waals surface area (Å²) in [6.45, 7) is 3.78. The van der Waals surface area contributed by atoms with Gasteiger partial charge in [-0.05, 0) is 18.2 Å². The van der Waals surface area contributed by atoms with Crippen LogP contribution >= 0.6 is 0 Å².